The Kier molecular flexibility index (Phi) is 6.19. The van der Waals surface area contributed by atoms with Crippen LogP contribution in [-0.4, -0.2) is 23.5 Å². The number of carbonyl (C=O) groups is 1. The van der Waals surface area contributed by atoms with E-state index >= 15 is 0 Å². The Labute approximate surface area is 109 Å². The summed E-state index contributed by atoms with van der Waals surface area (Å²) in [6, 6.07) is 3.86. The number of rotatable bonds is 7. The zero-order valence-electron chi connectivity index (χ0n) is 11.5. The van der Waals surface area contributed by atoms with Crippen molar-refractivity contribution in [3.05, 3.63) is 24.0 Å². The van der Waals surface area contributed by atoms with Gasteiger partial charge in [0.1, 0.15) is 5.69 Å². The highest BCUT2D eigenvalue weighted by atomic mass is 16.1. The number of unbranched alkanes of at least 4 members (excludes halogenated alkanes) is 1. The maximum atomic E-state index is 11.9. The minimum atomic E-state index is -0.108. The Balaban J connectivity index is 2.60. The van der Waals surface area contributed by atoms with Crippen LogP contribution >= 0.6 is 0 Å². The van der Waals surface area contributed by atoms with Gasteiger partial charge in [-0.25, -0.2) is 0 Å². The summed E-state index contributed by atoms with van der Waals surface area (Å²) in [6.45, 7) is 7.11. The molecule has 1 aromatic heterocycles. The molecule has 0 bridgehead atoms. The summed E-state index contributed by atoms with van der Waals surface area (Å²) in [5.74, 6) is -0.108. The maximum absolute atomic E-state index is 11.9. The number of hydrogen-bond acceptors (Lipinski definition) is 3. The number of nitrogens with zero attached hydrogens (tertiary/aromatic N) is 1. The minimum Gasteiger partial charge on any atom is -0.385 e. The van der Waals surface area contributed by atoms with Crippen molar-refractivity contribution in [2.24, 2.45) is 0 Å². The number of amides is 1. The van der Waals surface area contributed by atoms with E-state index in [1.165, 1.54) is 0 Å². The number of nitrogens with one attached hydrogen (secondary N) is 2. The van der Waals surface area contributed by atoms with E-state index in [1.54, 1.807) is 12.3 Å². The van der Waals surface area contributed by atoms with E-state index < -0.39 is 0 Å². The van der Waals surface area contributed by atoms with E-state index in [-0.39, 0.29) is 11.9 Å². The lowest BCUT2D eigenvalue weighted by atomic mass is 10.2. The van der Waals surface area contributed by atoms with Crippen LogP contribution in [0.1, 0.15) is 50.5 Å². The third-order valence-corrected chi connectivity index (χ3v) is 2.84. The number of carbonyl (C=O) groups excluding carboxylic acids is 1. The molecule has 0 saturated carbocycles. The van der Waals surface area contributed by atoms with Gasteiger partial charge in [0.2, 0.25) is 0 Å². The molecule has 0 aliphatic rings. The van der Waals surface area contributed by atoms with Gasteiger partial charge in [0, 0.05) is 24.5 Å². The molecule has 1 atom stereocenters. The SMILES string of the molecule is CCCCNc1ccnc(C(=O)NC(C)CC)c1. The van der Waals surface area contributed by atoms with Gasteiger partial charge in [-0.2, -0.15) is 0 Å². The van der Waals surface area contributed by atoms with Crippen LogP contribution < -0.4 is 10.6 Å². The summed E-state index contributed by atoms with van der Waals surface area (Å²) < 4.78 is 0. The van der Waals surface area contributed by atoms with Crippen LogP contribution in [0.15, 0.2) is 18.3 Å². The van der Waals surface area contributed by atoms with Crippen molar-refractivity contribution in [1.29, 1.82) is 0 Å². The number of pyridine rings is 1. The van der Waals surface area contributed by atoms with Gasteiger partial charge in [0.25, 0.3) is 5.91 Å². The van der Waals surface area contributed by atoms with E-state index in [4.69, 9.17) is 0 Å². The monoisotopic (exact) mass is 249 g/mol. The van der Waals surface area contributed by atoms with Crippen LogP contribution in [0, 0.1) is 0 Å². The van der Waals surface area contributed by atoms with Crippen molar-refractivity contribution in [1.82, 2.24) is 10.3 Å². The Bertz CT molecular complexity index is 379. The van der Waals surface area contributed by atoms with E-state index in [0.29, 0.717) is 5.69 Å². The number of aromatic nitrogens is 1. The summed E-state index contributed by atoms with van der Waals surface area (Å²) in [6.07, 6.45) is 4.86. The highest BCUT2D eigenvalue weighted by Crippen LogP contribution is 2.08. The summed E-state index contributed by atoms with van der Waals surface area (Å²) in [4.78, 5) is 16.0. The molecule has 0 aromatic carbocycles. The van der Waals surface area contributed by atoms with Crippen LogP contribution in [0.5, 0.6) is 0 Å². The Morgan fingerprint density at radius 1 is 1.44 bits per heavy atom. The zero-order valence-corrected chi connectivity index (χ0v) is 11.5. The first-order chi connectivity index (χ1) is 8.67. The van der Waals surface area contributed by atoms with Gasteiger partial charge < -0.3 is 10.6 Å². The van der Waals surface area contributed by atoms with Crippen LogP contribution in [0.25, 0.3) is 0 Å². The largest absolute Gasteiger partial charge is 0.385 e. The second kappa shape index (κ2) is 7.69. The third-order valence-electron chi connectivity index (χ3n) is 2.84. The molecule has 0 spiro atoms. The van der Waals surface area contributed by atoms with E-state index in [1.807, 2.05) is 19.9 Å². The highest BCUT2D eigenvalue weighted by molar-refractivity contribution is 5.93. The van der Waals surface area contributed by atoms with Crippen LogP contribution in [-0.2, 0) is 0 Å². The second-order valence-electron chi connectivity index (χ2n) is 4.49. The molecular weight excluding hydrogens is 226 g/mol. The minimum absolute atomic E-state index is 0.108. The highest BCUT2D eigenvalue weighted by Gasteiger charge is 2.10. The molecule has 4 heteroatoms. The van der Waals surface area contributed by atoms with Crippen LogP contribution in [0.2, 0.25) is 0 Å². The van der Waals surface area contributed by atoms with Gasteiger partial charge in [-0.15, -0.1) is 0 Å². The first-order valence-electron chi connectivity index (χ1n) is 6.68. The Morgan fingerprint density at radius 3 is 2.89 bits per heavy atom. The normalized spacial score (nSPS) is 11.9. The smallest absolute Gasteiger partial charge is 0.270 e. The van der Waals surface area contributed by atoms with Gasteiger partial charge in [-0.1, -0.05) is 20.3 Å². The first-order valence-corrected chi connectivity index (χ1v) is 6.68. The number of hydrogen-bond donors (Lipinski definition) is 2. The van der Waals surface area contributed by atoms with Crippen molar-refractivity contribution in [3.63, 3.8) is 0 Å². The van der Waals surface area contributed by atoms with Crippen LogP contribution in [0.4, 0.5) is 5.69 Å². The summed E-state index contributed by atoms with van der Waals surface area (Å²) in [7, 11) is 0. The predicted molar refractivity (Wildman–Crippen MR) is 74.9 cm³/mol. The maximum Gasteiger partial charge on any atom is 0.270 e. The summed E-state index contributed by atoms with van der Waals surface area (Å²) in [5.41, 5.74) is 1.42. The molecule has 0 fully saturated rings. The predicted octanol–water partition coefficient (Wildman–Crippen LogP) is 2.82. The molecule has 4 nitrogen and oxygen atoms in total. The van der Waals surface area contributed by atoms with Gasteiger partial charge in [0.05, 0.1) is 0 Å². The molecule has 100 valence electrons. The first kappa shape index (κ1) is 14.5. The molecule has 0 aliphatic heterocycles. The lowest BCUT2D eigenvalue weighted by Gasteiger charge is -2.11. The second-order valence-corrected chi connectivity index (χ2v) is 4.49. The lowest BCUT2D eigenvalue weighted by molar-refractivity contribution is 0.0934. The topological polar surface area (TPSA) is 54.0 Å². The van der Waals surface area contributed by atoms with E-state index in [9.17, 15) is 4.79 Å². The van der Waals surface area contributed by atoms with Crippen LogP contribution in [0.3, 0.4) is 0 Å². The van der Waals surface area contributed by atoms with Crippen molar-refractivity contribution >= 4 is 11.6 Å². The fourth-order valence-corrected chi connectivity index (χ4v) is 1.47. The van der Waals surface area contributed by atoms with Gasteiger partial charge >= 0.3 is 0 Å². The molecule has 1 aromatic rings. The van der Waals surface area contributed by atoms with E-state index in [2.05, 4.69) is 22.5 Å². The molecule has 18 heavy (non-hydrogen) atoms. The van der Waals surface area contributed by atoms with Gasteiger partial charge in [-0.3, -0.25) is 9.78 Å². The molecule has 1 amide bonds. The average molecular weight is 249 g/mol. The quantitative estimate of drug-likeness (QED) is 0.731. The Hall–Kier alpha value is -1.58. The van der Waals surface area contributed by atoms with Gasteiger partial charge in [-0.05, 0) is 31.9 Å². The zero-order chi connectivity index (χ0) is 13.4. The molecular formula is C14H23N3O. The fraction of sp³-hybridized carbons (Fsp3) is 0.571. The molecule has 1 rings (SSSR count). The fourth-order valence-electron chi connectivity index (χ4n) is 1.47. The molecule has 1 heterocycles. The average Bonchev–Trinajstić information content (AvgIpc) is 2.39. The molecule has 1 unspecified atom stereocenters. The summed E-state index contributed by atoms with van der Waals surface area (Å²) in [5, 5.41) is 6.20. The van der Waals surface area contributed by atoms with Crippen molar-refractivity contribution < 1.29 is 4.79 Å². The molecule has 0 saturated heterocycles. The molecule has 0 radical (unpaired) electrons. The third kappa shape index (κ3) is 4.73. The van der Waals surface area contributed by atoms with Crippen molar-refractivity contribution in [2.75, 3.05) is 11.9 Å². The molecule has 0 aliphatic carbocycles. The van der Waals surface area contributed by atoms with Gasteiger partial charge in [0.15, 0.2) is 0 Å². The van der Waals surface area contributed by atoms with Crippen molar-refractivity contribution in [3.8, 4) is 0 Å². The molecule has 2 N–H and O–H groups in total. The summed E-state index contributed by atoms with van der Waals surface area (Å²) >= 11 is 0. The van der Waals surface area contributed by atoms with Crippen molar-refractivity contribution in [2.45, 2.75) is 46.1 Å². The van der Waals surface area contributed by atoms with E-state index in [0.717, 1.165) is 31.5 Å². The standard InChI is InChI=1S/C14H23N3O/c1-4-6-8-15-12-7-9-16-13(10-12)14(18)17-11(3)5-2/h7,9-11H,4-6,8H2,1-3H3,(H,15,16)(H,17,18). The number of anilines is 1. The Morgan fingerprint density at radius 2 is 2.22 bits per heavy atom. The lowest BCUT2D eigenvalue weighted by Crippen LogP contribution is -2.32.